The van der Waals surface area contributed by atoms with Crippen molar-refractivity contribution in [3.63, 3.8) is 0 Å². The van der Waals surface area contributed by atoms with Crippen LogP contribution in [0.2, 0.25) is 0 Å². The maximum absolute atomic E-state index is 10.7. The number of hydrogen-bond acceptors (Lipinski definition) is 5. The molecule has 0 aromatic carbocycles. The molecule has 0 radical (unpaired) electrons. The molecule has 1 N–H and O–H groups in total. The first-order chi connectivity index (χ1) is 9.29. The standard InChI is InChI=1S/C14H24O3S2/c15-13(12-10-18-7-8-19-12)11-1-4-17-14(9-11)2-5-16-6-3-14/h11-13,15H,1-10H2. The quantitative estimate of drug-likeness (QED) is 0.846. The fraction of sp³-hybridized carbons (Fsp3) is 1.00. The molecule has 5 heteroatoms. The van der Waals surface area contributed by atoms with Crippen LogP contribution in [0.3, 0.4) is 0 Å². The summed E-state index contributed by atoms with van der Waals surface area (Å²) in [5.41, 5.74) is 0.00855. The Balaban J connectivity index is 1.60. The van der Waals surface area contributed by atoms with Crippen LogP contribution in [0.5, 0.6) is 0 Å². The fourth-order valence-electron chi connectivity index (χ4n) is 3.46. The minimum Gasteiger partial charge on any atom is -0.392 e. The zero-order valence-corrected chi connectivity index (χ0v) is 13.0. The Kier molecular flexibility index (Phi) is 5.01. The molecule has 3 aliphatic rings. The second-order valence-corrected chi connectivity index (χ2v) is 8.37. The fourth-order valence-corrected chi connectivity index (χ4v) is 6.30. The van der Waals surface area contributed by atoms with Gasteiger partial charge in [-0.25, -0.2) is 0 Å². The van der Waals surface area contributed by atoms with Gasteiger partial charge >= 0.3 is 0 Å². The normalized spacial score (nSPS) is 37.1. The second kappa shape index (κ2) is 6.56. The Morgan fingerprint density at radius 1 is 1.16 bits per heavy atom. The molecule has 3 aliphatic heterocycles. The van der Waals surface area contributed by atoms with E-state index in [1.807, 2.05) is 23.5 Å². The maximum atomic E-state index is 10.7. The van der Waals surface area contributed by atoms with Gasteiger partial charge in [0.25, 0.3) is 0 Å². The van der Waals surface area contributed by atoms with Crippen LogP contribution in [0.4, 0.5) is 0 Å². The SMILES string of the molecule is OC(C1CCOC2(CCOCC2)C1)C1CSCCS1. The van der Waals surface area contributed by atoms with Gasteiger partial charge in [-0.3, -0.25) is 0 Å². The van der Waals surface area contributed by atoms with Crippen LogP contribution >= 0.6 is 23.5 Å². The number of thioether (sulfide) groups is 2. The second-order valence-electron chi connectivity index (χ2n) is 5.87. The van der Waals surface area contributed by atoms with Crippen LogP contribution in [0, 0.1) is 5.92 Å². The van der Waals surface area contributed by atoms with Gasteiger partial charge in [0.2, 0.25) is 0 Å². The third kappa shape index (κ3) is 3.43. The monoisotopic (exact) mass is 304 g/mol. The van der Waals surface area contributed by atoms with Crippen LogP contribution in [0.1, 0.15) is 25.7 Å². The summed E-state index contributed by atoms with van der Waals surface area (Å²) in [5, 5.41) is 11.1. The van der Waals surface area contributed by atoms with Gasteiger partial charge in [0.05, 0.1) is 11.7 Å². The molecule has 3 nitrogen and oxygen atoms in total. The van der Waals surface area contributed by atoms with Gasteiger partial charge in [0.1, 0.15) is 0 Å². The van der Waals surface area contributed by atoms with E-state index in [0.717, 1.165) is 51.3 Å². The predicted molar refractivity (Wildman–Crippen MR) is 81.0 cm³/mol. The lowest BCUT2D eigenvalue weighted by Gasteiger charge is -2.45. The Labute approximate surface area is 124 Å². The van der Waals surface area contributed by atoms with Crippen LogP contribution in [0.25, 0.3) is 0 Å². The van der Waals surface area contributed by atoms with E-state index >= 15 is 0 Å². The van der Waals surface area contributed by atoms with Gasteiger partial charge in [-0.15, -0.1) is 0 Å². The minimum atomic E-state index is -0.151. The highest BCUT2D eigenvalue weighted by Crippen LogP contribution is 2.41. The molecule has 110 valence electrons. The molecule has 3 saturated heterocycles. The molecule has 0 saturated carbocycles. The first-order valence-corrected chi connectivity index (χ1v) is 9.59. The number of rotatable bonds is 2. The average molecular weight is 304 g/mol. The zero-order valence-electron chi connectivity index (χ0n) is 11.4. The van der Waals surface area contributed by atoms with Crippen molar-refractivity contribution in [2.75, 3.05) is 37.1 Å². The van der Waals surface area contributed by atoms with Gasteiger partial charge < -0.3 is 14.6 Å². The molecular formula is C14H24O3S2. The molecule has 0 aromatic rings. The van der Waals surface area contributed by atoms with Crippen LogP contribution in [-0.4, -0.2) is 59.1 Å². The van der Waals surface area contributed by atoms with E-state index in [9.17, 15) is 5.11 Å². The highest BCUT2D eigenvalue weighted by Gasteiger charge is 2.42. The molecule has 3 heterocycles. The first kappa shape index (κ1) is 14.5. The van der Waals surface area contributed by atoms with Crippen LogP contribution in [-0.2, 0) is 9.47 Å². The van der Waals surface area contributed by atoms with Crippen molar-refractivity contribution in [1.82, 2.24) is 0 Å². The first-order valence-electron chi connectivity index (χ1n) is 7.38. The lowest BCUT2D eigenvalue weighted by molar-refractivity contribution is -0.158. The van der Waals surface area contributed by atoms with Crippen molar-refractivity contribution in [3.05, 3.63) is 0 Å². The number of hydrogen-bond donors (Lipinski definition) is 1. The number of aliphatic hydroxyl groups excluding tert-OH is 1. The van der Waals surface area contributed by atoms with Crippen LogP contribution in [0.15, 0.2) is 0 Å². The summed E-state index contributed by atoms with van der Waals surface area (Å²) in [6.07, 6.45) is 3.90. The van der Waals surface area contributed by atoms with E-state index in [4.69, 9.17) is 9.47 Å². The number of ether oxygens (including phenoxy) is 2. The van der Waals surface area contributed by atoms with Crippen molar-refractivity contribution >= 4 is 23.5 Å². The Hall–Kier alpha value is 0.580. The molecule has 19 heavy (non-hydrogen) atoms. The van der Waals surface area contributed by atoms with Gasteiger partial charge in [-0.05, 0) is 31.6 Å². The third-order valence-electron chi connectivity index (χ3n) is 4.64. The summed E-state index contributed by atoms with van der Waals surface area (Å²) in [6, 6.07) is 0. The molecule has 3 fully saturated rings. The Morgan fingerprint density at radius 2 is 2.00 bits per heavy atom. The summed E-state index contributed by atoms with van der Waals surface area (Å²) in [7, 11) is 0. The molecular weight excluding hydrogens is 280 g/mol. The van der Waals surface area contributed by atoms with E-state index in [1.54, 1.807) is 0 Å². The molecule has 3 rings (SSSR count). The zero-order chi connectivity index (χ0) is 13.1. The van der Waals surface area contributed by atoms with E-state index in [0.29, 0.717) is 11.2 Å². The van der Waals surface area contributed by atoms with Gasteiger partial charge in [-0.2, -0.15) is 23.5 Å². The predicted octanol–water partition coefficient (Wildman–Crippen LogP) is 2.17. The highest BCUT2D eigenvalue weighted by molar-refractivity contribution is 8.06. The molecule has 1 spiro atoms. The lowest BCUT2D eigenvalue weighted by Crippen LogP contribution is -2.48. The average Bonchev–Trinajstić information content (AvgIpc) is 2.48. The van der Waals surface area contributed by atoms with Crippen molar-refractivity contribution in [2.24, 2.45) is 5.92 Å². The summed E-state index contributed by atoms with van der Waals surface area (Å²) in [5.74, 6) is 3.96. The van der Waals surface area contributed by atoms with Crippen molar-refractivity contribution in [2.45, 2.75) is 42.6 Å². The summed E-state index contributed by atoms with van der Waals surface area (Å²) >= 11 is 3.95. The van der Waals surface area contributed by atoms with Crippen molar-refractivity contribution in [3.8, 4) is 0 Å². The van der Waals surface area contributed by atoms with Gasteiger partial charge in [-0.1, -0.05) is 0 Å². The molecule has 0 amide bonds. The smallest absolute Gasteiger partial charge is 0.0730 e. The topological polar surface area (TPSA) is 38.7 Å². The van der Waals surface area contributed by atoms with E-state index in [2.05, 4.69) is 0 Å². The lowest BCUT2D eigenvalue weighted by atomic mass is 9.78. The number of aliphatic hydroxyl groups is 1. The summed E-state index contributed by atoms with van der Waals surface area (Å²) < 4.78 is 11.5. The van der Waals surface area contributed by atoms with Crippen molar-refractivity contribution < 1.29 is 14.6 Å². The Bertz CT molecular complexity index is 283. The molecule has 0 bridgehead atoms. The molecule has 0 aromatic heterocycles. The van der Waals surface area contributed by atoms with Gasteiger partial charge in [0, 0.05) is 42.3 Å². The highest BCUT2D eigenvalue weighted by atomic mass is 32.2. The van der Waals surface area contributed by atoms with E-state index in [-0.39, 0.29) is 11.7 Å². The molecule has 0 aliphatic carbocycles. The Morgan fingerprint density at radius 3 is 2.74 bits per heavy atom. The van der Waals surface area contributed by atoms with Crippen LogP contribution < -0.4 is 0 Å². The van der Waals surface area contributed by atoms with E-state index in [1.165, 1.54) is 11.5 Å². The third-order valence-corrected chi connectivity index (χ3v) is 7.51. The maximum Gasteiger partial charge on any atom is 0.0730 e. The summed E-state index contributed by atoms with van der Waals surface area (Å²) in [6.45, 7) is 2.44. The van der Waals surface area contributed by atoms with Crippen molar-refractivity contribution in [1.29, 1.82) is 0 Å². The van der Waals surface area contributed by atoms with E-state index < -0.39 is 0 Å². The molecule has 3 atom stereocenters. The largest absolute Gasteiger partial charge is 0.392 e. The minimum absolute atomic E-state index is 0.00855. The van der Waals surface area contributed by atoms with Gasteiger partial charge in [0.15, 0.2) is 0 Å². The molecule has 3 unspecified atom stereocenters. The summed E-state index contributed by atoms with van der Waals surface area (Å²) in [4.78, 5) is 0.